The number of carbonyl (C=O) groups is 15. The van der Waals surface area contributed by atoms with Gasteiger partial charge in [-0.25, -0.2) is 4.98 Å². The summed E-state index contributed by atoms with van der Waals surface area (Å²) in [6.07, 6.45) is 2.23. The van der Waals surface area contributed by atoms with E-state index >= 15 is 0 Å². The van der Waals surface area contributed by atoms with Gasteiger partial charge in [-0.05, 0) is 143 Å². The Labute approximate surface area is 668 Å². The number of amides is 12. The van der Waals surface area contributed by atoms with Crippen LogP contribution in [0.1, 0.15) is 220 Å². The predicted octanol–water partition coefficient (Wildman–Crippen LogP) is 4.66. The number of hydrogen-bond donors (Lipinski definition) is 11. The minimum atomic E-state index is -1.44. The standard InChI is InChI=1S/C79H124N14O19S/c1-18-48(5)67(90-76(109)79(13,14)91(15)16)73(105)92(17)57(47(3)4)44-59(111-50(7)94)72-88-56(46-113-72)70(103)84-52(41-49(6)74(106)107)42-51-29-30-58-54(43-51)86-62(97)27-23-37-81-69(102)53(25-20-21-36-83-75(108)78(11,12)34-40-110-77(8,9)10)85-61(96)26-22-35-80-45-55(87-63(98)33-39-93-64(99)31-32-65(93)100)68(89-60(95)19-2)71(104)82-38-24-28-66(101)112-58/h29-32,43,46-49,52-53,55,57,59,67-68,80H,18-28,33-42,44-45H2,1-17H3,(H,81,102)(H,82,104)(H,83,108)(H,84,103)(H,85,96)(H,86,97)(H,87,98)(H,89,95)(H,90,109)(H,106,107)/t48-,49-,52+,53-,55-,57?,59+,67-,68-/m0/s1. The van der Waals surface area contributed by atoms with Crippen LogP contribution in [-0.2, 0) is 83.0 Å². The summed E-state index contributed by atoms with van der Waals surface area (Å²) in [4.78, 5) is 211. The quantitative estimate of drug-likeness (QED) is 0.0196. The van der Waals surface area contributed by atoms with Crippen molar-refractivity contribution in [1.82, 2.24) is 67.5 Å². The Morgan fingerprint density at radius 3 is 2.05 bits per heavy atom. The number of unbranched alkanes of at least 4 members (excludes halogenated alkanes) is 1. The number of nitrogens with zero attached hydrogens (tertiary/aromatic N) is 4. The Bertz CT molecular complexity index is 3650. The highest BCUT2D eigenvalue weighted by Gasteiger charge is 2.40. The first-order valence-electron chi connectivity index (χ1n) is 39.1. The van der Waals surface area contributed by atoms with Crippen molar-refractivity contribution in [2.24, 2.45) is 23.2 Å². The maximum atomic E-state index is 14.5. The summed E-state index contributed by atoms with van der Waals surface area (Å²) >= 11 is 1.03. The normalized spacial score (nSPS) is 18.7. The van der Waals surface area contributed by atoms with E-state index in [-0.39, 0.29) is 174 Å². The second-order valence-corrected chi connectivity index (χ2v) is 32.6. The number of fused-ring (bicyclic) bond motifs is 1. The van der Waals surface area contributed by atoms with Crippen molar-refractivity contribution in [2.45, 2.75) is 253 Å². The highest BCUT2D eigenvalue weighted by Crippen LogP contribution is 2.33. The van der Waals surface area contributed by atoms with E-state index in [4.69, 9.17) is 14.2 Å². The molecule has 11 N–H and O–H groups in total. The van der Waals surface area contributed by atoms with Crippen molar-refractivity contribution in [2.75, 3.05) is 72.3 Å². The summed E-state index contributed by atoms with van der Waals surface area (Å²) in [5.41, 5.74) is -1.75. The van der Waals surface area contributed by atoms with Gasteiger partial charge >= 0.3 is 17.9 Å². The molecule has 113 heavy (non-hydrogen) atoms. The number of nitrogens with one attached hydrogen (secondary N) is 10. The lowest BCUT2D eigenvalue weighted by Crippen LogP contribution is -2.61. The molecule has 4 rings (SSSR count). The monoisotopic (exact) mass is 1600 g/mol. The van der Waals surface area contributed by atoms with Gasteiger partial charge in [0, 0.05) is 127 Å². The van der Waals surface area contributed by atoms with Gasteiger partial charge in [0.05, 0.1) is 28.8 Å². The first-order chi connectivity index (χ1) is 53.0. The minimum Gasteiger partial charge on any atom is -0.481 e. The highest BCUT2D eigenvalue weighted by molar-refractivity contribution is 7.09. The second-order valence-electron chi connectivity index (χ2n) is 31.7. The van der Waals surface area contributed by atoms with Crippen molar-refractivity contribution in [3.8, 4) is 5.75 Å². The third-order valence-corrected chi connectivity index (χ3v) is 20.9. The van der Waals surface area contributed by atoms with E-state index in [2.05, 4.69) is 58.2 Å². The Morgan fingerprint density at radius 2 is 1.43 bits per heavy atom. The molecule has 2 aliphatic rings. The first-order valence-corrected chi connectivity index (χ1v) is 40.0. The molecule has 0 saturated heterocycles. The molecule has 9 atom stereocenters. The van der Waals surface area contributed by atoms with Gasteiger partial charge in [-0.15, -0.1) is 11.3 Å². The van der Waals surface area contributed by atoms with Crippen LogP contribution in [0.2, 0.25) is 0 Å². The van der Waals surface area contributed by atoms with Gasteiger partial charge in [0.1, 0.15) is 28.8 Å². The summed E-state index contributed by atoms with van der Waals surface area (Å²) in [6, 6.07) is -1.63. The number of ether oxygens (including phenoxy) is 3. The fourth-order valence-electron chi connectivity index (χ4n) is 12.1. The number of benzene rings is 1. The van der Waals surface area contributed by atoms with Crippen LogP contribution in [0.25, 0.3) is 0 Å². The molecular formula is C79H124N14O19S. The van der Waals surface area contributed by atoms with E-state index in [9.17, 15) is 77.0 Å². The van der Waals surface area contributed by atoms with E-state index in [0.717, 1.165) is 28.4 Å². The Kier molecular flexibility index (Phi) is 39.3. The molecule has 1 aromatic heterocycles. The van der Waals surface area contributed by atoms with E-state index in [1.165, 1.54) is 31.4 Å². The summed E-state index contributed by atoms with van der Waals surface area (Å²) < 4.78 is 17.6. The van der Waals surface area contributed by atoms with Gasteiger partial charge < -0.3 is 77.4 Å². The van der Waals surface area contributed by atoms with Gasteiger partial charge in [0.25, 0.3) is 17.7 Å². The molecule has 0 bridgehead atoms. The van der Waals surface area contributed by atoms with Gasteiger partial charge in [0.15, 0.2) is 11.9 Å². The van der Waals surface area contributed by atoms with Crippen LogP contribution >= 0.6 is 11.3 Å². The number of carboxylic acids is 1. The Morgan fingerprint density at radius 1 is 0.788 bits per heavy atom. The number of anilines is 1. The van der Waals surface area contributed by atoms with Crippen molar-refractivity contribution >= 4 is 106 Å². The van der Waals surface area contributed by atoms with Crippen LogP contribution in [0, 0.1) is 23.2 Å². The van der Waals surface area contributed by atoms with Crippen molar-refractivity contribution in [1.29, 1.82) is 0 Å². The molecule has 12 amide bonds. The fraction of sp³-hybridized carbons (Fsp3) is 0.671. The second kappa shape index (κ2) is 46.2. The zero-order chi connectivity index (χ0) is 84.7. The van der Waals surface area contributed by atoms with Crippen LogP contribution in [-0.4, -0.2) is 228 Å². The molecule has 0 aliphatic carbocycles. The molecule has 2 aromatic rings. The third kappa shape index (κ3) is 32.6. The topological polar surface area (TPSA) is 447 Å². The number of aromatic nitrogens is 1. The number of aliphatic carboxylic acids is 1. The van der Waals surface area contributed by atoms with Crippen molar-refractivity contribution in [3.63, 3.8) is 0 Å². The van der Waals surface area contributed by atoms with Gasteiger partial charge in [-0.2, -0.15) is 0 Å². The van der Waals surface area contributed by atoms with Crippen LogP contribution in [0.5, 0.6) is 5.75 Å². The molecule has 1 aromatic carbocycles. The number of imide groups is 1. The lowest BCUT2D eigenvalue weighted by atomic mass is 9.88. The van der Waals surface area contributed by atoms with Crippen LogP contribution in [0.3, 0.4) is 0 Å². The molecular weight excluding hydrogens is 1480 g/mol. The third-order valence-electron chi connectivity index (χ3n) is 20.0. The van der Waals surface area contributed by atoms with Gasteiger partial charge in [-0.3, -0.25) is 81.7 Å². The molecule has 2 aliphatic heterocycles. The average Bonchev–Trinajstić information content (AvgIpc) is 1.12. The predicted molar refractivity (Wildman–Crippen MR) is 423 cm³/mol. The Balaban J connectivity index is 1.67. The molecule has 33 nitrogen and oxygen atoms in total. The van der Waals surface area contributed by atoms with Crippen molar-refractivity contribution in [3.05, 3.63) is 52.0 Å². The Hall–Kier alpha value is -9.28. The van der Waals surface area contributed by atoms with E-state index in [0.29, 0.717) is 37.9 Å². The average molecular weight is 1610 g/mol. The lowest BCUT2D eigenvalue weighted by molar-refractivity contribution is -0.149. The zero-order valence-electron chi connectivity index (χ0n) is 69.0. The molecule has 34 heteroatoms. The SMILES string of the molecule is CCC(=O)N[C@@H]1C(=O)NCCCC(=O)Oc2ccc(C[C@@H](C[C@H](C)C(=O)O)NC(=O)c3csc([C@@H](CC(C(C)C)N(C)C(=O)[C@@H](NC(=O)C(C)(C)N(C)C)[C@@H](C)CC)OC(C)=O)n3)cc2NC(=O)CCCNC(=O)[C@H](CCCCNC(=O)C(C)(C)CCOC(C)(C)C)NC(=O)CCCNC[C@@H]1NC(=O)CCN1C(=O)C=CC1=O. The molecule has 0 radical (unpaired) electrons. The maximum absolute atomic E-state index is 14.5. The molecule has 630 valence electrons. The van der Waals surface area contributed by atoms with Crippen molar-refractivity contribution < 1.29 is 91.2 Å². The smallest absolute Gasteiger partial charge is 0.311 e. The molecule has 0 fully saturated rings. The van der Waals surface area contributed by atoms with E-state index in [1.807, 2.05) is 62.3 Å². The summed E-state index contributed by atoms with van der Waals surface area (Å²) in [6.45, 7) is 25.0. The number of hydrogen-bond acceptors (Lipinski definition) is 22. The number of carboxylic acid groups (broad SMARTS) is 1. The number of thiazole rings is 1. The van der Waals surface area contributed by atoms with E-state index in [1.54, 1.807) is 57.8 Å². The first kappa shape index (κ1) is 96.1. The number of rotatable bonds is 34. The maximum Gasteiger partial charge on any atom is 0.311 e. The zero-order valence-corrected chi connectivity index (χ0v) is 69.8. The van der Waals surface area contributed by atoms with Crippen LogP contribution < -0.4 is 57.9 Å². The van der Waals surface area contributed by atoms with E-state index < -0.39 is 130 Å². The number of carbonyl (C=O) groups excluding carboxylic acids is 14. The van der Waals surface area contributed by atoms with Gasteiger partial charge in [0.2, 0.25) is 53.2 Å². The summed E-state index contributed by atoms with van der Waals surface area (Å²) in [7, 11) is 5.17. The largest absolute Gasteiger partial charge is 0.481 e. The molecule has 0 saturated carbocycles. The minimum absolute atomic E-state index is 0.0132. The lowest BCUT2D eigenvalue weighted by Gasteiger charge is -2.38. The molecule has 0 spiro atoms. The molecule has 3 heterocycles. The summed E-state index contributed by atoms with van der Waals surface area (Å²) in [5.74, 6) is -10.7. The highest BCUT2D eigenvalue weighted by atomic mass is 32.1. The van der Waals surface area contributed by atoms with Crippen LogP contribution in [0.15, 0.2) is 35.7 Å². The van der Waals surface area contributed by atoms with Gasteiger partial charge in [-0.1, -0.05) is 67.9 Å². The number of likely N-dealkylation sites (N-methyl/N-ethyl adjacent to an activating group) is 2. The fourth-order valence-corrected chi connectivity index (χ4v) is 13.0. The van der Waals surface area contributed by atoms with Crippen LogP contribution in [0.4, 0.5) is 5.69 Å². The number of esters is 2. The molecule has 1 unspecified atom stereocenters. The summed E-state index contributed by atoms with van der Waals surface area (Å²) in [5, 5.41) is 40.4.